The first-order valence-corrected chi connectivity index (χ1v) is 4.97. The second kappa shape index (κ2) is 4.68. The second-order valence-corrected chi connectivity index (χ2v) is 3.91. The first kappa shape index (κ1) is 12.7. The molecule has 0 bridgehead atoms. The maximum absolute atomic E-state index is 5.50. The number of aromatic nitrogens is 1. The number of rotatable bonds is 1. The van der Waals surface area contributed by atoms with Crippen molar-refractivity contribution in [2.45, 2.75) is 20.8 Å². The summed E-state index contributed by atoms with van der Waals surface area (Å²) >= 11 is 0. The van der Waals surface area contributed by atoms with Crippen LogP contribution in [0.2, 0.25) is 0 Å². The van der Waals surface area contributed by atoms with E-state index in [1.807, 2.05) is 13.0 Å². The summed E-state index contributed by atoms with van der Waals surface area (Å²) in [6.07, 6.45) is 0. The van der Waals surface area contributed by atoms with Gasteiger partial charge in [0.15, 0.2) is 0 Å². The van der Waals surface area contributed by atoms with Gasteiger partial charge in [-0.15, -0.1) is 12.4 Å². The molecule has 1 aromatic heterocycles. The molecule has 0 saturated heterocycles. The van der Waals surface area contributed by atoms with E-state index in [4.69, 9.17) is 5.84 Å². The molecule has 0 aliphatic carbocycles. The van der Waals surface area contributed by atoms with Gasteiger partial charge < -0.3 is 5.43 Å². The number of pyridine rings is 1. The average Bonchev–Trinajstić information content (AvgIpc) is 2.19. The number of nitrogens with two attached hydrogens (primary N) is 1. The van der Waals surface area contributed by atoms with Crippen LogP contribution in [0.3, 0.4) is 0 Å². The van der Waals surface area contributed by atoms with Crippen molar-refractivity contribution in [2.24, 2.45) is 5.84 Å². The summed E-state index contributed by atoms with van der Waals surface area (Å²) in [5.41, 5.74) is 8.12. The van der Waals surface area contributed by atoms with Crippen molar-refractivity contribution < 1.29 is 0 Å². The zero-order valence-corrected chi connectivity index (χ0v) is 10.5. The Hall–Kier alpha value is -1.32. The van der Waals surface area contributed by atoms with Crippen LogP contribution in [0.4, 0.5) is 5.69 Å². The largest absolute Gasteiger partial charge is 0.323 e. The minimum absolute atomic E-state index is 0. The van der Waals surface area contributed by atoms with Crippen LogP contribution in [-0.4, -0.2) is 4.98 Å². The van der Waals surface area contributed by atoms with Crippen LogP contribution in [0.15, 0.2) is 18.2 Å². The summed E-state index contributed by atoms with van der Waals surface area (Å²) in [6, 6.07) is 6.17. The lowest BCUT2D eigenvalue weighted by atomic mass is 10.0. The summed E-state index contributed by atoms with van der Waals surface area (Å²) in [5.74, 6) is 5.50. The predicted molar refractivity (Wildman–Crippen MR) is 71.0 cm³/mol. The summed E-state index contributed by atoms with van der Waals surface area (Å²) in [7, 11) is 0. The molecule has 0 aliphatic heterocycles. The number of hydrogen-bond acceptors (Lipinski definition) is 3. The second-order valence-electron chi connectivity index (χ2n) is 3.91. The molecule has 3 nitrogen and oxygen atoms in total. The molecule has 16 heavy (non-hydrogen) atoms. The average molecular weight is 238 g/mol. The van der Waals surface area contributed by atoms with E-state index in [-0.39, 0.29) is 12.4 Å². The molecule has 1 aromatic carbocycles. The summed E-state index contributed by atoms with van der Waals surface area (Å²) < 4.78 is 0. The van der Waals surface area contributed by atoms with Gasteiger partial charge in [-0.25, -0.2) is 0 Å². The van der Waals surface area contributed by atoms with Crippen LogP contribution in [0.5, 0.6) is 0 Å². The molecular formula is C12H16ClN3. The van der Waals surface area contributed by atoms with Gasteiger partial charge >= 0.3 is 0 Å². The minimum atomic E-state index is 0. The van der Waals surface area contributed by atoms with Gasteiger partial charge in [-0.2, -0.15) is 0 Å². The molecule has 0 spiro atoms. The molecule has 3 N–H and O–H groups in total. The minimum Gasteiger partial charge on any atom is -0.323 e. The molecule has 4 heteroatoms. The summed E-state index contributed by atoms with van der Waals surface area (Å²) in [4.78, 5) is 4.49. The highest BCUT2D eigenvalue weighted by Crippen LogP contribution is 2.25. The molecule has 0 fully saturated rings. The first-order chi connectivity index (χ1) is 7.11. The van der Waals surface area contributed by atoms with Crippen molar-refractivity contribution >= 4 is 29.0 Å². The number of hydrogen-bond donors (Lipinski definition) is 2. The van der Waals surface area contributed by atoms with Crippen molar-refractivity contribution in [2.75, 3.05) is 5.43 Å². The lowest BCUT2D eigenvalue weighted by Crippen LogP contribution is -2.08. The third-order valence-corrected chi connectivity index (χ3v) is 2.71. The molecule has 0 radical (unpaired) electrons. The number of fused-ring (bicyclic) bond motifs is 1. The van der Waals surface area contributed by atoms with Gasteiger partial charge in [-0.1, -0.05) is 0 Å². The van der Waals surface area contributed by atoms with E-state index < -0.39 is 0 Å². The van der Waals surface area contributed by atoms with E-state index in [1.54, 1.807) is 0 Å². The molecule has 1 heterocycles. The zero-order chi connectivity index (χ0) is 11.0. The zero-order valence-electron chi connectivity index (χ0n) is 9.66. The molecule has 2 rings (SSSR count). The van der Waals surface area contributed by atoms with Gasteiger partial charge in [0.25, 0.3) is 0 Å². The Morgan fingerprint density at radius 1 is 1.06 bits per heavy atom. The Kier molecular flexibility index (Phi) is 3.73. The lowest BCUT2D eigenvalue weighted by Gasteiger charge is -2.09. The third-order valence-electron chi connectivity index (χ3n) is 2.71. The predicted octanol–water partition coefficient (Wildman–Crippen LogP) is 2.87. The van der Waals surface area contributed by atoms with Crippen molar-refractivity contribution in [3.8, 4) is 0 Å². The molecule has 86 valence electrons. The molecule has 0 saturated carbocycles. The van der Waals surface area contributed by atoms with Crippen LogP contribution in [0.25, 0.3) is 10.9 Å². The van der Waals surface area contributed by atoms with Crippen LogP contribution >= 0.6 is 12.4 Å². The Morgan fingerprint density at radius 3 is 2.31 bits per heavy atom. The highest BCUT2D eigenvalue weighted by molar-refractivity contribution is 5.92. The number of nitrogens with one attached hydrogen (secondary N) is 1. The summed E-state index contributed by atoms with van der Waals surface area (Å²) in [6.45, 7) is 6.15. The van der Waals surface area contributed by atoms with Crippen molar-refractivity contribution in [3.63, 3.8) is 0 Å². The Balaban J connectivity index is 0.00000128. The fraction of sp³-hybridized carbons (Fsp3) is 0.250. The molecule has 0 amide bonds. The quantitative estimate of drug-likeness (QED) is 0.592. The van der Waals surface area contributed by atoms with Crippen molar-refractivity contribution in [3.05, 3.63) is 35.0 Å². The highest BCUT2D eigenvalue weighted by atomic mass is 35.5. The van der Waals surface area contributed by atoms with Gasteiger partial charge in [0.2, 0.25) is 0 Å². The van der Waals surface area contributed by atoms with E-state index in [2.05, 4.69) is 36.4 Å². The maximum atomic E-state index is 5.50. The smallest absolute Gasteiger partial charge is 0.0729 e. The van der Waals surface area contributed by atoms with E-state index >= 15 is 0 Å². The number of anilines is 1. The maximum Gasteiger partial charge on any atom is 0.0729 e. The Labute approximate surface area is 101 Å². The van der Waals surface area contributed by atoms with Gasteiger partial charge in [0, 0.05) is 11.1 Å². The van der Waals surface area contributed by atoms with Crippen molar-refractivity contribution in [1.29, 1.82) is 0 Å². The Morgan fingerprint density at radius 2 is 1.69 bits per heavy atom. The molecule has 0 atom stereocenters. The van der Waals surface area contributed by atoms with Crippen LogP contribution in [-0.2, 0) is 0 Å². The van der Waals surface area contributed by atoms with E-state index in [9.17, 15) is 0 Å². The number of nitrogen functional groups attached to an aromatic ring is 1. The molecule has 0 aliphatic rings. The van der Waals surface area contributed by atoms with E-state index in [0.29, 0.717) is 0 Å². The molecule has 0 unspecified atom stereocenters. The normalized spacial score (nSPS) is 10.0. The summed E-state index contributed by atoms with van der Waals surface area (Å²) in [5, 5.41) is 1.08. The third kappa shape index (κ3) is 2.10. The fourth-order valence-electron chi connectivity index (χ4n) is 1.74. The van der Waals surface area contributed by atoms with Crippen LogP contribution in [0, 0.1) is 20.8 Å². The monoisotopic (exact) mass is 237 g/mol. The standard InChI is InChI=1S/C12H15N3.ClH/c1-7-4-10-11(5-8(7)2)14-9(3)6-12(10)15-13;/h4-6H,13H2,1-3H3,(H,14,15);1H. The number of halogens is 1. The number of aryl methyl sites for hydroxylation is 3. The van der Waals surface area contributed by atoms with Gasteiger partial charge in [0.05, 0.1) is 11.2 Å². The van der Waals surface area contributed by atoms with E-state index in [0.717, 1.165) is 22.3 Å². The molecular weight excluding hydrogens is 222 g/mol. The topological polar surface area (TPSA) is 50.9 Å². The van der Waals surface area contributed by atoms with Crippen LogP contribution < -0.4 is 11.3 Å². The van der Waals surface area contributed by atoms with Gasteiger partial charge in [-0.05, 0) is 50.1 Å². The fourth-order valence-corrected chi connectivity index (χ4v) is 1.74. The van der Waals surface area contributed by atoms with Crippen molar-refractivity contribution in [1.82, 2.24) is 4.98 Å². The first-order valence-electron chi connectivity index (χ1n) is 4.97. The van der Waals surface area contributed by atoms with E-state index in [1.165, 1.54) is 11.1 Å². The number of benzene rings is 1. The van der Waals surface area contributed by atoms with Gasteiger partial charge in [-0.3, -0.25) is 10.8 Å². The number of nitrogens with zero attached hydrogens (tertiary/aromatic N) is 1. The Bertz CT molecular complexity index is 523. The number of hydrazine groups is 1. The lowest BCUT2D eigenvalue weighted by molar-refractivity contribution is 1.23. The van der Waals surface area contributed by atoms with Gasteiger partial charge in [0.1, 0.15) is 0 Å². The van der Waals surface area contributed by atoms with Crippen LogP contribution in [0.1, 0.15) is 16.8 Å². The SMILES string of the molecule is Cc1cc(NN)c2cc(C)c(C)cc2n1.Cl. The molecule has 2 aromatic rings. The highest BCUT2D eigenvalue weighted by Gasteiger charge is 2.04.